The van der Waals surface area contributed by atoms with Crippen LogP contribution in [0.5, 0.6) is 0 Å². The number of alkyl halides is 3. The minimum atomic E-state index is -4.44. The van der Waals surface area contributed by atoms with E-state index in [0.29, 0.717) is 17.7 Å². The molecule has 1 N–H and O–H groups in total. The van der Waals surface area contributed by atoms with Gasteiger partial charge in [0.05, 0.1) is 37.2 Å². The molecule has 30 heavy (non-hydrogen) atoms. The molecule has 4 rings (SSSR count). The monoisotopic (exact) mass is 441 g/mol. The van der Waals surface area contributed by atoms with Gasteiger partial charge in [-0.2, -0.15) is 21.6 Å². The average Bonchev–Trinajstić information content (AvgIpc) is 2.70. The molecule has 5 nitrogen and oxygen atoms in total. The standard InChI is InChI=1S/C21H22F3NO4S/c1-30(26,27)29-12-13-9-17-19(14-5-3-2-4-6-14)25-18-8-7-15(21(22,23)24)10-16(18)20(17)28-11-13/h2-8,10,13,17,19-20,25H,9,11-12H2,1H3. The summed E-state index contributed by atoms with van der Waals surface area (Å²) in [6.45, 7) is 0.201. The normalized spacial score (nSPS) is 26.4. The molecule has 2 aliphatic heterocycles. The van der Waals surface area contributed by atoms with Crippen molar-refractivity contribution < 1.29 is 30.5 Å². The van der Waals surface area contributed by atoms with E-state index in [1.54, 1.807) is 0 Å². The average molecular weight is 441 g/mol. The van der Waals surface area contributed by atoms with Crippen molar-refractivity contribution >= 4 is 15.8 Å². The van der Waals surface area contributed by atoms with Crippen molar-refractivity contribution in [3.63, 3.8) is 0 Å². The van der Waals surface area contributed by atoms with Gasteiger partial charge in [-0.25, -0.2) is 0 Å². The Balaban J connectivity index is 1.68. The second kappa shape index (κ2) is 7.86. The molecule has 0 aliphatic carbocycles. The molecule has 1 saturated heterocycles. The molecule has 0 spiro atoms. The smallest absolute Gasteiger partial charge is 0.378 e. The summed E-state index contributed by atoms with van der Waals surface area (Å²) in [4.78, 5) is 0. The van der Waals surface area contributed by atoms with Crippen LogP contribution >= 0.6 is 0 Å². The molecule has 0 aromatic heterocycles. The summed E-state index contributed by atoms with van der Waals surface area (Å²) >= 11 is 0. The summed E-state index contributed by atoms with van der Waals surface area (Å²) in [6, 6.07) is 13.1. The first-order valence-electron chi connectivity index (χ1n) is 9.60. The maximum absolute atomic E-state index is 13.3. The van der Waals surface area contributed by atoms with Gasteiger partial charge < -0.3 is 10.1 Å². The van der Waals surface area contributed by atoms with Crippen LogP contribution in [0.3, 0.4) is 0 Å². The lowest BCUT2D eigenvalue weighted by Crippen LogP contribution is -2.40. The second-order valence-corrected chi connectivity index (χ2v) is 9.48. The van der Waals surface area contributed by atoms with Gasteiger partial charge in [0.25, 0.3) is 10.1 Å². The van der Waals surface area contributed by atoms with E-state index in [1.807, 2.05) is 30.3 Å². The van der Waals surface area contributed by atoms with Gasteiger partial charge in [0.15, 0.2) is 0 Å². The highest BCUT2D eigenvalue weighted by molar-refractivity contribution is 7.85. The molecule has 2 aromatic rings. The van der Waals surface area contributed by atoms with E-state index in [1.165, 1.54) is 6.07 Å². The number of anilines is 1. The Bertz CT molecular complexity index is 1010. The fourth-order valence-electron chi connectivity index (χ4n) is 4.28. The van der Waals surface area contributed by atoms with Crippen LogP contribution in [0.25, 0.3) is 0 Å². The van der Waals surface area contributed by atoms with E-state index in [9.17, 15) is 21.6 Å². The fourth-order valence-corrected chi connectivity index (χ4v) is 4.72. The Hall–Kier alpha value is -2.10. The first-order valence-corrected chi connectivity index (χ1v) is 11.4. The predicted molar refractivity (Wildman–Crippen MR) is 105 cm³/mol. The fraction of sp³-hybridized carbons (Fsp3) is 0.429. The summed E-state index contributed by atoms with van der Waals surface area (Å²) in [7, 11) is -3.59. The molecule has 0 amide bonds. The number of fused-ring (bicyclic) bond motifs is 3. The van der Waals surface area contributed by atoms with Crippen molar-refractivity contribution in [2.45, 2.75) is 24.7 Å². The van der Waals surface area contributed by atoms with Crippen LogP contribution < -0.4 is 5.32 Å². The number of rotatable bonds is 4. The molecule has 2 aliphatic rings. The molecule has 4 atom stereocenters. The lowest BCUT2D eigenvalue weighted by Gasteiger charge is -2.45. The van der Waals surface area contributed by atoms with Crippen molar-refractivity contribution in [1.82, 2.24) is 0 Å². The van der Waals surface area contributed by atoms with Gasteiger partial charge in [0.2, 0.25) is 0 Å². The molecule has 162 valence electrons. The second-order valence-electron chi connectivity index (χ2n) is 7.84. The Morgan fingerprint density at radius 3 is 2.57 bits per heavy atom. The molecule has 0 saturated carbocycles. The van der Waals surface area contributed by atoms with Gasteiger partial charge >= 0.3 is 6.18 Å². The quantitative estimate of drug-likeness (QED) is 0.706. The molecular formula is C21H22F3NO4S. The van der Waals surface area contributed by atoms with E-state index in [2.05, 4.69) is 5.32 Å². The van der Waals surface area contributed by atoms with E-state index in [0.717, 1.165) is 24.0 Å². The molecule has 4 unspecified atom stereocenters. The summed E-state index contributed by atoms with van der Waals surface area (Å²) in [5, 5.41) is 3.38. The van der Waals surface area contributed by atoms with Crippen molar-refractivity contribution in [3.8, 4) is 0 Å². The highest BCUT2D eigenvalue weighted by Gasteiger charge is 2.44. The largest absolute Gasteiger partial charge is 0.416 e. The molecule has 2 heterocycles. The topological polar surface area (TPSA) is 64.6 Å². The number of ether oxygens (including phenoxy) is 1. The lowest BCUT2D eigenvalue weighted by molar-refractivity contribution is -0.137. The van der Waals surface area contributed by atoms with Crippen LogP contribution in [0.2, 0.25) is 0 Å². The van der Waals surface area contributed by atoms with Crippen LogP contribution in [0, 0.1) is 11.8 Å². The van der Waals surface area contributed by atoms with E-state index >= 15 is 0 Å². The molecule has 2 aromatic carbocycles. The Morgan fingerprint density at radius 2 is 1.90 bits per heavy atom. The van der Waals surface area contributed by atoms with Crippen molar-refractivity contribution in [3.05, 3.63) is 65.2 Å². The number of hydrogen-bond donors (Lipinski definition) is 1. The van der Waals surface area contributed by atoms with Crippen LogP contribution in [0.15, 0.2) is 48.5 Å². The van der Waals surface area contributed by atoms with Crippen molar-refractivity contribution in [2.75, 3.05) is 24.8 Å². The molecule has 9 heteroatoms. The zero-order valence-electron chi connectivity index (χ0n) is 16.2. The molecule has 0 bridgehead atoms. The summed E-state index contributed by atoms with van der Waals surface area (Å²) in [5.74, 6) is -0.355. The van der Waals surface area contributed by atoms with Crippen LogP contribution in [0.4, 0.5) is 18.9 Å². The zero-order valence-corrected chi connectivity index (χ0v) is 17.0. The van der Waals surface area contributed by atoms with Gasteiger partial charge in [-0.1, -0.05) is 30.3 Å². The van der Waals surface area contributed by atoms with Gasteiger partial charge in [0, 0.05) is 23.1 Å². The van der Waals surface area contributed by atoms with Crippen molar-refractivity contribution in [2.24, 2.45) is 11.8 Å². The highest BCUT2D eigenvalue weighted by atomic mass is 32.2. The Morgan fingerprint density at radius 1 is 1.17 bits per heavy atom. The van der Waals surface area contributed by atoms with Gasteiger partial charge in [-0.05, 0) is 30.2 Å². The molecule has 0 radical (unpaired) electrons. The third-order valence-electron chi connectivity index (χ3n) is 5.61. The van der Waals surface area contributed by atoms with Crippen LogP contribution in [0.1, 0.15) is 35.3 Å². The van der Waals surface area contributed by atoms with Gasteiger partial charge in [-0.3, -0.25) is 4.18 Å². The Kier molecular flexibility index (Phi) is 5.54. The minimum absolute atomic E-state index is 0.0149. The number of hydrogen-bond acceptors (Lipinski definition) is 5. The maximum atomic E-state index is 13.3. The van der Waals surface area contributed by atoms with E-state index < -0.39 is 28.0 Å². The van der Waals surface area contributed by atoms with Crippen molar-refractivity contribution in [1.29, 1.82) is 0 Å². The van der Waals surface area contributed by atoms with E-state index in [4.69, 9.17) is 8.92 Å². The first-order chi connectivity index (χ1) is 14.1. The number of halogens is 3. The van der Waals surface area contributed by atoms with Gasteiger partial charge in [-0.15, -0.1) is 0 Å². The van der Waals surface area contributed by atoms with Crippen LogP contribution in [-0.2, 0) is 25.2 Å². The summed E-state index contributed by atoms with van der Waals surface area (Å²) in [6.07, 6.45) is -3.42. The first kappa shape index (κ1) is 21.1. The third kappa shape index (κ3) is 4.48. The molecular weight excluding hydrogens is 419 g/mol. The SMILES string of the molecule is CS(=O)(=O)OCC1COC2c3cc(C(F)(F)F)ccc3NC(c3ccccc3)C2C1. The van der Waals surface area contributed by atoms with Crippen LogP contribution in [-0.4, -0.2) is 27.9 Å². The molecule has 1 fully saturated rings. The summed E-state index contributed by atoms with van der Waals surface area (Å²) < 4.78 is 73.5. The zero-order chi connectivity index (χ0) is 21.5. The Labute approximate surface area is 173 Å². The minimum Gasteiger partial charge on any atom is -0.378 e. The van der Waals surface area contributed by atoms with E-state index in [-0.39, 0.29) is 31.1 Å². The highest BCUT2D eigenvalue weighted by Crippen LogP contribution is 2.51. The number of nitrogens with one attached hydrogen (secondary N) is 1. The lowest BCUT2D eigenvalue weighted by atomic mass is 9.75. The third-order valence-corrected chi connectivity index (χ3v) is 6.17. The maximum Gasteiger partial charge on any atom is 0.416 e. The predicted octanol–water partition coefficient (Wildman–Crippen LogP) is 4.54. The number of benzene rings is 2. The van der Waals surface area contributed by atoms with Gasteiger partial charge in [0.1, 0.15) is 0 Å². The summed E-state index contributed by atoms with van der Waals surface area (Å²) in [5.41, 5.74) is 1.37.